The Kier molecular flexibility index (Phi) is 7.72. The lowest BCUT2D eigenvalue weighted by Gasteiger charge is -2.38. The van der Waals surface area contributed by atoms with Gasteiger partial charge in [-0.1, -0.05) is 73.2 Å². The smallest absolute Gasteiger partial charge is 0.253 e. The van der Waals surface area contributed by atoms with Crippen molar-refractivity contribution in [3.05, 3.63) is 89.5 Å². The van der Waals surface area contributed by atoms with Gasteiger partial charge in [-0.3, -0.25) is 14.4 Å². The van der Waals surface area contributed by atoms with Gasteiger partial charge in [0.1, 0.15) is 11.6 Å². The van der Waals surface area contributed by atoms with Gasteiger partial charge in [0.05, 0.1) is 17.4 Å². The van der Waals surface area contributed by atoms with Crippen molar-refractivity contribution in [2.45, 2.75) is 50.0 Å². The minimum atomic E-state index is -1.31. The highest BCUT2D eigenvalue weighted by molar-refractivity contribution is 6.30. The Balaban J connectivity index is 1.44. The highest BCUT2D eigenvalue weighted by atomic mass is 35.5. The number of aliphatic hydroxyl groups is 1. The number of carbonyl (C=O) groups is 3. The number of likely N-dealkylation sites (tertiary alicyclic amines) is 1. The molecule has 0 saturated carbocycles. The van der Waals surface area contributed by atoms with E-state index < -0.39 is 29.1 Å². The molecule has 1 N–H and O–H groups in total. The van der Waals surface area contributed by atoms with Crippen LogP contribution in [0.4, 0.5) is 5.69 Å². The topological polar surface area (TPSA) is 90.4 Å². The molecular formula is C33H36ClN3O5. The molecule has 1 spiro atoms. The molecule has 4 heterocycles. The van der Waals surface area contributed by atoms with Crippen molar-refractivity contribution >= 4 is 35.0 Å². The summed E-state index contributed by atoms with van der Waals surface area (Å²) in [5, 5.41) is 10.0. The van der Waals surface area contributed by atoms with Gasteiger partial charge in [0, 0.05) is 43.5 Å². The largest absolute Gasteiger partial charge is 0.396 e. The summed E-state index contributed by atoms with van der Waals surface area (Å²) in [6, 6.07) is 15.9. The Morgan fingerprint density at radius 3 is 2.36 bits per heavy atom. The third-order valence-corrected chi connectivity index (χ3v) is 9.44. The highest BCUT2D eigenvalue weighted by Gasteiger charge is 2.75. The Bertz CT molecular complexity index is 1410. The van der Waals surface area contributed by atoms with Crippen LogP contribution in [0.3, 0.4) is 0 Å². The van der Waals surface area contributed by atoms with Crippen LogP contribution in [-0.2, 0) is 25.7 Å². The molecule has 0 aliphatic carbocycles. The average Bonchev–Trinajstić information content (AvgIpc) is 3.28. The molecule has 2 saturated heterocycles. The first-order chi connectivity index (χ1) is 20.3. The maximum atomic E-state index is 14.5. The molecule has 9 heteroatoms. The molecule has 220 valence electrons. The molecule has 5 atom stereocenters. The molecule has 0 radical (unpaired) electrons. The Hall–Kier alpha value is -3.46. The number of carbonyl (C=O) groups excluding carboxylic acids is 3. The number of benzene rings is 2. The number of hydrogen-bond donors (Lipinski definition) is 1. The molecule has 0 bridgehead atoms. The summed E-state index contributed by atoms with van der Waals surface area (Å²) in [7, 11) is 0. The van der Waals surface area contributed by atoms with E-state index in [1.165, 1.54) is 0 Å². The number of fused-ring (bicyclic) bond motifs is 2. The molecule has 6 rings (SSSR count). The number of halogens is 1. The number of amides is 3. The second kappa shape index (κ2) is 11.3. The maximum Gasteiger partial charge on any atom is 0.253 e. The third kappa shape index (κ3) is 4.57. The molecule has 2 aromatic rings. The first-order valence-electron chi connectivity index (χ1n) is 14.7. The predicted molar refractivity (Wildman–Crippen MR) is 160 cm³/mol. The monoisotopic (exact) mass is 589 g/mol. The molecule has 3 amide bonds. The number of ether oxygens (including phenoxy) is 1. The van der Waals surface area contributed by atoms with Crippen LogP contribution in [0, 0.1) is 11.8 Å². The zero-order valence-corrected chi connectivity index (χ0v) is 24.5. The van der Waals surface area contributed by atoms with Crippen molar-refractivity contribution in [3.8, 4) is 0 Å². The summed E-state index contributed by atoms with van der Waals surface area (Å²) in [6.07, 6.45) is 9.16. The van der Waals surface area contributed by atoms with Crippen molar-refractivity contribution in [1.29, 1.82) is 0 Å². The lowest BCUT2D eigenvalue weighted by molar-refractivity contribution is -0.150. The molecule has 2 aromatic carbocycles. The van der Waals surface area contributed by atoms with E-state index in [-0.39, 0.29) is 30.9 Å². The van der Waals surface area contributed by atoms with E-state index in [9.17, 15) is 19.5 Å². The molecule has 4 aliphatic heterocycles. The van der Waals surface area contributed by atoms with Gasteiger partial charge in [0.15, 0.2) is 0 Å². The summed E-state index contributed by atoms with van der Waals surface area (Å²) in [5.41, 5.74) is -0.676. The molecule has 4 aliphatic rings. The molecule has 8 nitrogen and oxygen atoms in total. The number of unbranched alkanes of at least 4 members (excludes halogenated alkanes) is 1. The van der Waals surface area contributed by atoms with E-state index in [0.717, 1.165) is 5.56 Å². The average molecular weight is 590 g/mol. The molecule has 2 fully saturated rings. The Morgan fingerprint density at radius 2 is 1.64 bits per heavy atom. The standard InChI is InChI=1S/C33H36ClN3O5/c1-2-32-16-8-18-35(22-23-10-4-3-5-11-23)29(39)26(32)27-30(40)37(19-6-7-21-38)28-31(41)36(20-9-17-33(27,28)42-32)25-14-12-24(34)13-15-25/h3-5,8-17,26-28,38H,2,6-7,18-22H2,1H3/t26-,27+,28?,32+,33+/m1/s1. The zero-order chi connectivity index (χ0) is 29.5. The number of nitrogens with zero attached hydrogens (tertiary/aromatic N) is 3. The van der Waals surface area contributed by atoms with Crippen LogP contribution < -0.4 is 4.90 Å². The van der Waals surface area contributed by atoms with Crippen LogP contribution in [0.25, 0.3) is 0 Å². The van der Waals surface area contributed by atoms with E-state index >= 15 is 0 Å². The minimum absolute atomic E-state index is 0.0121. The number of aliphatic hydroxyl groups excluding tert-OH is 1. The quantitative estimate of drug-likeness (QED) is 0.372. The lowest BCUT2D eigenvalue weighted by Crippen LogP contribution is -2.56. The molecule has 1 unspecified atom stereocenters. The Labute approximate surface area is 251 Å². The minimum Gasteiger partial charge on any atom is -0.396 e. The summed E-state index contributed by atoms with van der Waals surface area (Å²) in [5.74, 6) is -2.31. The van der Waals surface area contributed by atoms with Gasteiger partial charge in [-0.15, -0.1) is 0 Å². The van der Waals surface area contributed by atoms with E-state index in [2.05, 4.69) is 0 Å². The van der Waals surface area contributed by atoms with E-state index in [0.29, 0.717) is 49.6 Å². The lowest BCUT2D eigenvalue weighted by atomic mass is 9.73. The van der Waals surface area contributed by atoms with Crippen molar-refractivity contribution in [2.24, 2.45) is 11.8 Å². The first kappa shape index (κ1) is 28.6. The van der Waals surface area contributed by atoms with Gasteiger partial charge >= 0.3 is 0 Å². The first-order valence-corrected chi connectivity index (χ1v) is 15.1. The number of rotatable bonds is 8. The van der Waals surface area contributed by atoms with Gasteiger partial charge in [-0.05, 0) is 49.1 Å². The van der Waals surface area contributed by atoms with Crippen molar-refractivity contribution in [2.75, 3.05) is 31.1 Å². The fourth-order valence-corrected chi connectivity index (χ4v) is 7.37. The van der Waals surface area contributed by atoms with Gasteiger partial charge in [-0.2, -0.15) is 0 Å². The predicted octanol–water partition coefficient (Wildman–Crippen LogP) is 3.97. The normalized spacial score (nSPS) is 30.3. The second-order valence-electron chi connectivity index (χ2n) is 11.5. The fourth-order valence-electron chi connectivity index (χ4n) is 7.24. The van der Waals surface area contributed by atoms with Crippen molar-refractivity contribution in [1.82, 2.24) is 9.80 Å². The number of hydrogen-bond acceptors (Lipinski definition) is 5. The van der Waals surface area contributed by atoms with E-state index in [1.54, 1.807) is 39.0 Å². The van der Waals surface area contributed by atoms with Crippen LogP contribution in [0.5, 0.6) is 0 Å². The maximum absolute atomic E-state index is 14.5. The van der Waals surface area contributed by atoms with E-state index in [1.807, 2.05) is 61.6 Å². The van der Waals surface area contributed by atoms with Crippen LogP contribution in [0.2, 0.25) is 5.02 Å². The van der Waals surface area contributed by atoms with Crippen molar-refractivity contribution < 1.29 is 24.2 Å². The highest BCUT2D eigenvalue weighted by Crippen LogP contribution is 2.58. The van der Waals surface area contributed by atoms with Gasteiger partial charge in [-0.25, -0.2) is 0 Å². The van der Waals surface area contributed by atoms with Gasteiger partial charge in [0.2, 0.25) is 11.8 Å². The Morgan fingerprint density at radius 1 is 0.905 bits per heavy atom. The fraction of sp³-hybridized carbons (Fsp3) is 0.424. The van der Waals surface area contributed by atoms with E-state index in [4.69, 9.17) is 16.3 Å². The molecular weight excluding hydrogens is 554 g/mol. The summed E-state index contributed by atoms with van der Waals surface area (Å²) in [6.45, 7) is 3.35. The van der Waals surface area contributed by atoms with Gasteiger partial charge in [0.25, 0.3) is 5.91 Å². The zero-order valence-electron chi connectivity index (χ0n) is 23.7. The summed E-state index contributed by atoms with van der Waals surface area (Å²) in [4.78, 5) is 48.5. The second-order valence-corrected chi connectivity index (χ2v) is 12.0. The van der Waals surface area contributed by atoms with Crippen LogP contribution >= 0.6 is 11.6 Å². The van der Waals surface area contributed by atoms with Crippen LogP contribution in [0.15, 0.2) is 78.9 Å². The molecule has 0 aromatic heterocycles. The SMILES string of the molecule is CC[C@]12C=CCN(Cc3ccccc3)C(=O)[C@H]1[C@H]1C(=O)N(CCCCO)C3C(=O)N(c4ccc(Cl)cc4)CC=C[C@@]31O2. The molecule has 42 heavy (non-hydrogen) atoms. The number of anilines is 1. The summed E-state index contributed by atoms with van der Waals surface area (Å²) < 4.78 is 7.03. The van der Waals surface area contributed by atoms with Crippen LogP contribution in [0.1, 0.15) is 31.7 Å². The van der Waals surface area contributed by atoms with Crippen LogP contribution in [-0.4, -0.2) is 76.1 Å². The van der Waals surface area contributed by atoms with Crippen molar-refractivity contribution in [3.63, 3.8) is 0 Å². The van der Waals surface area contributed by atoms with Gasteiger partial charge < -0.3 is 24.5 Å². The summed E-state index contributed by atoms with van der Waals surface area (Å²) >= 11 is 6.13. The third-order valence-electron chi connectivity index (χ3n) is 9.18.